The van der Waals surface area contributed by atoms with Gasteiger partial charge in [-0.05, 0) is 62.2 Å². The molecule has 1 aliphatic heterocycles. The molecule has 4 amide bonds. The van der Waals surface area contributed by atoms with E-state index in [1.54, 1.807) is 36.3 Å². The van der Waals surface area contributed by atoms with Crippen LogP contribution in [-0.4, -0.2) is 37.2 Å². The Kier molecular flexibility index (Phi) is 7.01. The van der Waals surface area contributed by atoms with Gasteiger partial charge in [-0.1, -0.05) is 35.4 Å². The van der Waals surface area contributed by atoms with Crippen molar-refractivity contribution in [3.63, 3.8) is 0 Å². The maximum atomic E-state index is 13.2. The molecule has 0 unspecified atom stereocenters. The molecule has 0 bridgehead atoms. The zero-order chi connectivity index (χ0) is 24.1. The summed E-state index contributed by atoms with van der Waals surface area (Å²) in [4.78, 5) is 29.2. The topological polar surface area (TPSA) is 73.9 Å². The molecule has 0 atom stereocenters. The fourth-order valence-electron chi connectivity index (χ4n) is 4.27. The fraction of sp³-hybridized carbons (Fsp3) is 0.259. The number of hydrogen-bond donors (Lipinski definition) is 2. The van der Waals surface area contributed by atoms with Crippen LogP contribution in [0.1, 0.15) is 23.1 Å². The average molecular weight is 459 g/mol. The van der Waals surface area contributed by atoms with E-state index >= 15 is 0 Å². The zero-order valence-electron chi connectivity index (χ0n) is 19.8. The number of ether oxygens (including phenoxy) is 1. The molecular formula is C27H30N4O3. The summed E-state index contributed by atoms with van der Waals surface area (Å²) < 4.78 is 5.18. The van der Waals surface area contributed by atoms with Crippen LogP contribution in [0.5, 0.6) is 5.75 Å². The van der Waals surface area contributed by atoms with Crippen LogP contribution in [0.25, 0.3) is 0 Å². The molecule has 0 spiro atoms. The monoisotopic (exact) mass is 458 g/mol. The van der Waals surface area contributed by atoms with Crippen LogP contribution in [-0.2, 0) is 6.54 Å². The molecule has 0 saturated carbocycles. The lowest BCUT2D eigenvalue weighted by Gasteiger charge is -2.36. The summed E-state index contributed by atoms with van der Waals surface area (Å²) in [5.41, 5.74) is 5.64. The Labute approximate surface area is 200 Å². The van der Waals surface area contributed by atoms with Crippen LogP contribution in [0.3, 0.4) is 0 Å². The fourth-order valence-corrected chi connectivity index (χ4v) is 4.27. The summed E-state index contributed by atoms with van der Waals surface area (Å²) in [5.74, 6) is 0.667. The molecule has 2 N–H and O–H groups in total. The van der Waals surface area contributed by atoms with E-state index in [9.17, 15) is 9.59 Å². The van der Waals surface area contributed by atoms with Gasteiger partial charge in [-0.2, -0.15) is 0 Å². The molecule has 0 aliphatic carbocycles. The molecule has 7 nitrogen and oxygen atoms in total. The normalized spacial score (nSPS) is 13.6. The molecule has 0 aromatic heterocycles. The van der Waals surface area contributed by atoms with E-state index in [2.05, 4.69) is 42.7 Å². The molecule has 34 heavy (non-hydrogen) atoms. The molecular weight excluding hydrogens is 428 g/mol. The summed E-state index contributed by atoms with van der Waals surface area (Å²) in [7, 11) is 1.58. The van der Waals surface area contributed by atoms with Crippen molar-refractivity contribution in [2.24, 2.45) is 0 Å². The van der Waals surface area contributed by atoms with Crippen LogP contribution >= 0.6 is 0 Å². The first-order chi connectivity index (χ1) is 16.4. The zero-order valence-corrected chi connectivity index (χ0v) is 19.8. The number of nitrogens with one attached hydrogen (secondary N) is 2. The van der Waals surface area contributed by atoms with Crippen LogP contribution in [0, 0.1) is 13.8 Å². The molecule has 1 saturated heterocycles. The Morgan fingerprint density at radius 2 is 1.62 bits per heavy atom. The predicted octanol–water partition coefficient (Wildman–Crippen LogP) is 5.79. The Hall–Kier alpha value is -4.00. The Bertz CT molecular complexity index is 1160. The number of benzene rings is 3. The van der Waals surface area contributed by atoms with Crippen LogP contribution in [0.15, 0.2) is 66.7 Å². The lowest BCUT2D eigenvalue weighted by molar-refractivity contribution is 0.192. The first-order valence-corrected chi connectivity index (χ1v) is 11.4. The number of carbonyl (C=O) groups is 2. The van der Waals surface area contributed by atoms with Crippen LogP contribution < -0.4 is 20.3 Å². The summed E-state index contributed by atoms with van der Waals surface area (Å²) >= 11 is 0. The van der Waals surface area contributed by atoms with Gasteiger partial charge in [0, 0.05) is 42.8 Å². The lowest BCUT2D eigenvalue weighted by atomic mass is 10.1. The van der Waals surface area contributed by atoms with Gasteiger partial charge >= 0.3 is 12.1 Å². The predicted molar refractivity (Wildman–Crippen MR) is 136 cm³/mol. The van der Waals surface area contributed by atoms with E-state index in [4.69, 9.17) is 4.74 Å². The second-order valence-corrected chi connectivity index (χ2v) is 8.56. The minimum atomic E-state index is -0.352. The summed E-state index contributed by atoms with van der Waals surface area (Å²) in [6, 6.07) is 20.5. The highest BCUT2D eigenvalue weighted by molar-refractivity contribution is 6.00. The highest BCUT2D eigenvalue weighted by atomic mass is 16.5. The van der Waals surface area contributed by atoms with Gasteiger partial charge in [-0.15, -0.1) is 0 Å². The molecule has 7 heteroatoms. The van der Waals surface area contributed by atoms with Gasteiger partial charge in [-0.25, -0.2) is 9.59 Å². The quantitative estimate of drug-likeness (QED) is 0.491. The SMILES string of the molecule is COc1cccc(NC(=O)Nc2ccc(N3CCCN(Cc4cc(C)cc(C)c4)C3=O)cc2)c1. The minimum absolute atomic E-state index is 0.00175. The van der Waals surface area contributed by atoms with Gasteiger partial charge in [0.1, 0.15) is 5.75 Å². The number of anilines is 3. The number of amides is 4. The van der Waals surface area contributed by atoms with Crippen molar-refractivity contribution < 1.29 is 14.3 Å². The van der Waals surface area contributed by atoms with E-state index < -0.39 is 0 Å². The molecule has 4 rings (SSSR count). The molecule has 1 fully saturated rings. The van der Waals surface area contributed by atoms with Crippen molar-refractivity contribution in [1.82, 2.24) is 4.90 Å². The summed E-state index contributed by atoms with van der Waals surface area (Å²) in [5, 5.41) is 5.60. The number of rotatable bonds is 6. The maximum Gasteiger partial charge on any atom is 0.324 e. The number of aryl methyl sites for hydroxylation is 2. The van der Waals surface area contributed by atoms with Gasteiger partial charge in [0.15, 0.2) is 0 Å². The van der Waals surface area contributed by atoms with Gasteiger partial charge in [0.05, 0.1) is 7.11 Å². The lowest BCUT2D eigenvalue weighted by Crippen LogP contribution is -2.49. The van der Waals surface area contributed by atoms with E-state index in [0.717, 1.165) is 24.2 Å². The smallest absolute Gasteiger partial charge is 0.324 e. The number of methoxy groups -OCH3 is 1. The Balaban J connectivity index is 1.38. The number of hydrogen-bond acceptors (Lipinski definition) is 3. The molecule has 176 valence electrons. The number of nitrogens with zero attached hydrogens (tertiary/aromatic N) is 2. The average Bonchev–Trinajstić information content (AvgIpc) is 2.80. The van der Waals surface area contributed by atoms with E-state index in [-0.39, 0.29) is 12.1 Å². The third kappa shape index (κ3) is 5.67. The first kappa shape index (κ1) is 23.2. The summed E-state index contributed by atoms with van der Waals surface area (Å²) in [6.07, 6.45) is 0.902. The van der Waals surface area contributed by atoms with Crippen molar-refractivity contribution >= 4 is 29.1 Å². The minimum Gasteiger partial charge on any atom is -0.497 e. The first-order valence-electron chi connectivity index (χ1n) is 11.4. The van der Waals surface area contributed by atoms with E-state index in [1.165, 1.54) is 11.1 Å². The standard InChI is InChI=1S/C27H30N4O3/c1-19-14-20(2)16-21(15-19)18-30-12-5-13-31(27(30)33)24-10-8-22(9-11-24)28-26(32)29-23-6-4-7-25(17-23)34-3/h4,6-11,14-17H,5,12-13,18H2,1-3H3,(H2,28,29,32). The molecule has 3 aromatic rings. The Morgan fingerprint density at radius 1 is 0.912 bits per heavy atom. The number of carbonyl (C=O) groups excluding carboxylic acids is 2. The van der Waals surface area contributed by atoms with Crippen molar-refractivity contribution in [1.29, 1.82) is 0 Å². The molecule has 1 aliphatic rings. The Morgan fingerprint density at radius 3 is 2.32 bits per heavy atom. The second kappa shape index (κ2) is 10.3. The summed E-state index contributed by atoms with van der Waals surface area (Å²) in [6.45, 7) is 6.17. The van der Waals surface area contributed by atoms with Crippen molar-refractivity contribution in [2.45, 2.75) is 26.8 Å². The van der Waals surface area contributed by atoms with Gasteiger partial charge in [0.25, 0.3) is 0 Å². The maximum absolute atomic E-state index is 13.2. The third-order valence-electron chi connectivity index (χ3n) is 5.73. The van der Waals surface area contributed by atoms with E-state index in [0.29, 0.717) is 30.2 Å². The van der Waals surface area contributed by atoms with Gasteiger partial charge < -0.3 is 20.3 Å². The second-order valence-electron chi connectivity index (χ2n) is 8.56. The molecule has 0 radical (unpaired) electrons. The van der Waals surface area contributed by atoms with Crippen LogP contribution in [0.2, 0.25) is 0 Å². The highest BCUT2D eigenvalue weighted by Gasteiger charge is 2.26. The van der Waals surface area contributed by atoms with Crippen molar-refractivity contribution in [2.75, 3.05) is 35.7 Å². The van der Waals surface area contributed by atoms with Gasteiger partial charge in [-0.3, -0.25) is 4.90 Å². The highest BCUT2D eigenvalue weighted by Crippen LogP contribution is 2.24. The number of urea groups is 2. The van der Waals surface area contributed by atoms with Gasteiger partial charge in [0.2, 0.25) is 0 Å². The van der Waals surface area contributed by atoms with Crippen molar-refractivity contribution in [3.05, 3.63) is 83.4 Å². The largest absolute Gasteiger partial charge is 0.497 e. The van der Waals surface area contributed by atoms with Crippen molar-refractivity contribution in [3.8, 4) is 5.75 Å². The van der Waals surface area contributed by atoms with E-state index in [1.807, 2.05) is 29.2 Å². The van der Waals surface area contributed by atoms with Crippen LogP contribution in [0.4, 0.5) is 26.7 Å². The molecule has 3 aromatic carbocycles. The molecule has 1 heterocycles. The third-order valence-corrected chi connectivity index (χ3v) is 5.73.